The minimum absolute atomic E-state index is 0.0357. The van der Waals surface area contributed by atoms with Gasteiger partial charge in [-0.2, -0.15) is 0 Å². The van der Waals surface area contributed by atoms with Crippen LogP contribution in [0.3, 0.4) is 0 Å². The van der Waals surface area contributed by atoms with E-state index in [2.05, 4.69) is 10.3 Å². The maximum Gasteiger partial charge on any atom is 0.253 e. The Morgan fingerprint density at radius 2 is 1.80 bits per heavy atom. The molecule has 132 valence electrons. The molecule has 0 spiro atoms. The van der Waals surface area contributed by atoms with E-state index in [4.69, 9.17) is 5.73 Å². The van der Waals surface area contributed by atoms with E-state index in [0.29, 0.717) is 24.3 Å². The van der Waals surface area contributed by atoms with Crippen molar-refractivity contribution in [3.05, 3.63) is 53.0 Å². The highest BCUT2D eigenvalue weighted by molar-refractivity contribution is 5.98. The summed E-state index contributed by atoms with van der Waals surface area (Å²) in [5.74, 6) is -1.25. The van der Waals surface area contributed by atoms with Crippen molar-refractivity contribution in [2.24, 2.45) is 5.73 Å². The topological polar surface area (TPSA) is 88.3 Å². The van der Waals surface area contributed by atoms with Crippen LogP contribution >= 0.6 is 0 Å². The van der Waals surface area contributed by atoms with Gasteiger partial charge in [0.05, 0.1) is 11.3 Å². The van der Waals surface area contributed by atoms with Gasteiger partial charge in [-0.3, -0.25) is 9.59 Å². The zero-order chi connectivity index (χ0) is 18.6. The Labute approximate surface area is 145 Å². The molecule has 7 heteroatoms. The maximum atomic E-state index is 13.6. The van der Waals surface area contributed by atoms with Gasteiger partial charge in [0.1, 0.15) is 11.6 Å². The average molecular weight is 344 g/mol. The van der Waals surface area contributed by atoms with Crippen LogP contribution in [0.15, 0.2) is 30.3 Å². The third-order valence-corrected chi connectivity index (χ3v) is 3.86. The lowest BCUT2D eigenvalue weighted by Crippen LogP contribution is -2.30. The Bertz CT molecular complexity index is 786. The van der Waals surface area contributed by atoms with Crippen molar-refractivity contribution < 1.29 is 14.0 Å². The quantitative estimate of drug-likeness (QED) is 0.843. The van der Waals surface area contributed by atoms with Crippen molar-refractivity contribution in [2.45, 2.75) is 20.8 Å². The Balaban J connectivity index is 2.26. The number of nitrogens with one attached hydrogen (secondary N) is 1. The number of amides is 2. The Kier molecular flexibility index (Phi) is 5.69. The van der Waals surface area contributed by atoms with Crippen LogP contribution in [-0.4, -0.2) is 34.8 Å². The Hall–Kier alpha value is -2.96. The minimum atomic E-state index is -0.776. The fourth-order valence-corrected chi connectivity index (χ4v) is 2.39. The average Bonchev–Trinajstić information content (AvgIpc) is 2.59. The van der Waals surface area contributed by atoms with Crippen LogP contribution in [0.4, 0.5) is 15.9 Å². The molecule has 0 bridgehead atoms. The summed E-state index contributed by atoms with van der Waals surface area (Å²) in [5.41, 5.74) is 6.57. The van der Waals surface area contributed by atoms with Gasteiger partial charge in [-0.05, 0) is 51.1 Å². The van der Waals surface area contributed by atoms with Crippen LogP contribution in [0.25, 0.3) is 0 Å². The number of aryl methyl sites for hydroxylation is 1. The van der Waals surface area contributed by atoms with Crippen LogP contribution in [0.2, 0.25) is 0 Å². The van der Waals surface area contributed by atoms with E-state index < -0.39 is 11.7 Å². The first kappa shape index (κ1) is 18.4. The molecule has 1 aromatic carbocycles. The Morgan fingerprint density at radius 3 is 2.32 bits per heavy atom. The number of rotatable bonds is 6. The van der Waals surface area contributed by atoms with Crippen molar-refractivity contribution >= 4 is 23.3 Å². The first-order valence-corrected chi connectivity index (χ1v) is 8.00. The number of primary amides is 1. The lowest BCUT2D eigenvalue weighted by atomic mass is 10.1. The number of aromatic nitrogens is 1. The predicted octanol–water partition coefficient (Wildman–Crippen LogP) is 2.85. The number of carbonyl (C=O) groups is 2. The molecule has 0 saturated heterocycles. The summed E-state index contributed by atoms with van der Waals surface area (Å²) in [6, 6.07) is 7.82. The number of hydrogen-bond donors (Lipinski definition) is 2. The molecule has 0 aliphatic carbocycles. The Morgan fingerprint density at radius 1 is 1.20 bits per heavy atom. The van der Waals surface area contributed by atoms with E-state index >= 15 is 0 Å². The van der Waals surface area contributed by atoms with Crippen molar-refractivity contribution in [2.75, 3.05) is 18.4 Å². The molecule has 2 aromatic rings. The second kappa shape index (κ2) is 7.74. The molecule has 0 saturated carbocycles. The summed E-state index contributed by atoms with van der Waals surface area (Å²) < 4.78 is 13.6. The molecule has 0 aliphatic rings. The number of nitrogens with two attached hydrogens (primary N) is 1. The number of halogens is 1. The number of nitrogens with zero attached hydrogens (tertiary/aromatic N) is 2. The first-order chi connectivity index (χ1) is 11.9. The summed E-state index contributed by atoms with van der Waals surface area (Å²) in [6.45, 7) is 6.61. The van der Waals surface area contributed by atoms with Crippen LogP contribution < -0.4 is 11.1 Å². The summed E-state index contributed by atoms with van der Waals surface area (Å²) in [6.07, 6.45) is 0. The molecular formula is C18H21FN4O2. The number of hydrogen-bond acceptors (Lipinski definition) is 4. The maximum absolute atomic E-state index is 13.6. The summed E-state index contributed by atoms with van der Waals surface area (Å²) in [7, 11) is 0. The lowest BCUT2D eigenvalue weighted by molar-refractivity contribution is 0.0772. The molecule has 3 N–H and O–H groups in total. The largest absolute Gasteiger partial charge is 0.365 e. The number of carbonyl (C=O) groups excluding carboxylic acids is 2. The van der Waals surface area contributed by atoms with Crippen LogP contribution in [0.1, 0.15) is 40.3 Å². The lowest BCUT2D eigenvalue weighted by Gasteiger charge is -2.18. The summed E-state index contributed by atoms with van der Waals surface area (Å²) >= 11 is 0. The zero-order valence-corrected chi connectivity index (χ0v) is 14.5. The van der Waals surface area contributed by atoms with E-state index in [1.54, 1.807) is 29.2 Å². The highest BCUT2D eigenvalue weighted by Crippen LogP contribution is 2.21. The van der Waals surface area contributed by atoms with Gasteiger partial charge in [0.2, 0.25) is 0 Å². The van der Waals surface area contributed by atoms with Crippen LogP contribution in [0.5, 0.6) is 0 Å². The van der Waals surface area contributed by atoms with Gasteiger partial charge >= 0.3 is 0 Å². The summed E-state index contributed by atoms with van der Waals surface area (Å²) in [5, 5.41) is 2.94. The molecule has 1 aromatic heterocycles. The number of benzene rings is 1. The summed E-state index contributed by atoms with van der Waals surface area (Å²) in [4.78, 5) is 29.5. The monoisotopic (exact) mass is 344 g/mol. The number of pyridine rings is 1. The van der Waals surface area contributed by atoms with Gasteiger partial charge in [-0.25, -0.2) is 9.37 Å². The van der Waals surface area contributed by atoms with Gasteiger partial charge in [0.25, 0.3) is 11.8 Å². The molecule has 0 fully saturated rings. The molecule has 0 aliphatic heterocycles. The van der Waals surface area contributed by atoms with Crippen LogP contribution in [0, 0.1) is 12.7 Å². The minimum Gasteiger partial charge on any atom is -0.365 e. The molecule has 0 unspecified atom stereocenters. The number of anilines is 2. The fraction of sp³-hybridized carbons (Fsp3) is 0.278. The van der Waals surface area contributed by atoms with E-state index in [0.717, 1.165) is 6.07 Å². The molecule has 25 heavy (non-hydrogen) atoms. The van der Waals surface area contributed by atoms with Gasteiger partial charge in [0, 0.05) is 24.3 Å². The third-order valence-electron chi connectivity index (χ3n) is 3.86. The van der Waals surface area contributed by atoms with Crippen molar-refractivity contribution in [3.8, 4) is 0 Å². The van der Waals surface area contributed by atoms with Crippen LogP contribution in [-0.2, 0) is 0 Å². The van der Waals surface area contributed by atoms with E-state index in [1.807, 2.05) is 13.8 Å². The third kappa shape index (κ3) is 4.12. The van der Waals surface area contributed by atoms with Gasteiger partial charge in [-0.15, -0.1) is 0 Å². The predicted molar refractivity (Wildman–Crippen MR) is 94.4 cm³/mol. The standard InChI is InChI=1S/C18H21FN4O2/c1-4-23(5-2)18(25)12-6-8-13(9-7-12)22-17-14(16(20)24)10-15(19)11(3)21-17/h6-10H,4-5H2,1-3H3,(H2,20,24)(H,21,22). The van der Waals surface area contributed by atoms with Crippen molar-refractivity contribution in [1.82, 2.24) is 9.88 Å². The second-order valence-corrected chi connectivity index (χ2v) is 5.50. The molecule has 2 amide bonds. The molecule has 0 radical (unpaired) electrons. The van der Waals surface area contributed by atoms with E-state index in [1.165, 1.54) is 6.92 Å². The zero-order valence-electron chi connectivity index (χ0n) is 14.5. The van der Waals surface area contributed by atoms with Crippen molar-refractivity contribution in [1.29, 1.82) is 0 Å². The van der Waals surface area contributed by atoms with Gasteiger partial charge < -0.3 is 16.0 Å². The molecule has 2 rings (SSSR count). The van der Waals surface area contributed by atoms with Crippen molar-refractivity contribution in [3.63, 3.8) is 0 Å². The SMILES string of the molecule is CCN(CC)C(=O)c1ccc(Nc2nc(C)c(F)cc2C(N)=O)cc1. The molecule has 0 atom stereocenters. The smallest absolute Gasteiger partial charge is 0.253 e. The molecular weight excluding hydrogens is 323 g/mol. The normalized spacial score (nSPS) is 10.4. The highest BCUT2D eigenvalue weighted by atomic mass is 19.1. The fourth-order valence-electron chi connectivity index (χ4n) is 2.39. The van der Waals surface area contributed by atoms with E-state index in [9.17, 15) is 14.0 Å². The molecule has 6 nitrogen and oxygen atoms in total. The highest BCUT2D eigenvalue weighted by Gasteiger charge is 2.15. The second-order valence-electron chi connectivity index (χ2n) is 5.50. The molecule has 1 heterocycles. The van der Waals surface area contributed by atoms with E-state index in [-0.39, 0.29) is 23.0 Å². The van der Waals surface area contributed by atoms with Gasteiger partial charge in [0.15, 0.2) is 0 Å². The first-order valence-electron chi connectivity index (χ1n) is 8.00. The van der Waals surface area contributed by atoms with Gasteiger partial charge in [-0.1, -0.05) is 0 Å².